The summed E-state index contributed by atoms with van der Waals surface area (Å²) in [4.78, 5) is 40.0. The minimum absolute atomic E-state index is 0.0399. The molecule has 77 heavy (non-hydrogen) atoms. The van der Waals surface area contributed by atoms with E-state index >= 15 is 0 Å². The van der Waals surface area contributed by atoms with E-state index in [1.807, 2.05) is 45.4 Å². The van der Waals surface area contributed by atoms with E-state index in [-0.39, 0.29) is 31.3 Å². The van der Waals surface area contributed by atoms with Gasteiger partial charge in [-0.05, 0) is 96.0 Å². The van der Waals surface area contributed by atoms with Crippen LogP contribution in [0.15, 0.2) is 97.2 Å². The van der Waals surface area contributed by atoms with E-state index < -0.39 is 26.6 Å². The molecule has 3 unspecified atom stereocenters. The molecule has 9 nitrogen and oxygen atoms in total. The summed E-state index contributed by atoms with van der Waals surface area (Å²) in [6.45, 7) is 6.67. The van der Waals surface area contributed by atoms with Gasteiger partial charge in [0.1, 0.15) is 19.3 Å². The minimum Gasteiger partial charge on any atom is -0.756 e. The summed E-state index contributed by atoms with van der Waals surface area (Å²) in [6.07, 6.45) is 75.3. The van der Waals surface area contributed by atoms with Crippen molar-refractivity contribution in [2.75, 3.05) is 40.9 Å². The number of allylic oxidation sites excluding steroid dienone is 15. The van der Waals surface area contributed by atoms with Gasteiger partial charge in [0.15, 0.2) is 0 Å². The van der Waals surface area contributed by atoms with Gasteiger partial charge in [-0.15, -0.1) is 0 Å². The SMILES string of the molecule is CC/C=C\C/C=C\C/C=C\C/C=C\C/C=C\C/C=C\CCC(=O)NC(COP(=O)([O-])OCC[N+](C)(C)C)C(/C=C/CCCCCCCCCCCCC)OC(=O)CCCCCCCCCCC/C=C/CCCCCCCC. The first-order valence-corrected chi connectivity index (χ1v) is 33.0. The molecule has 0 bridgehead atoms. The van der Waals surface area contributed by atoms with Crippen LogP contribution in [-0.2, 0) is 27.9 Å². The highest BCUT2D eigenvalue weighted by molar-refractivity contribution is 7.45. The van der Waals surface area contributed by atoms with Crippen LogP contribution in [0.25, 0.3) is 0 Å². The lowest BCUT2D eigenvalue weighted by Crippen LogP contribution is -2.47. The highest BCUT2D eigenvalue weighted by Crippen LogP contribution is 2.38. The van der Waals surface area contributed by atoms with Gasteiger partial charge in [-0.1, -0.05) is 253 Å². The van der Waals surface area contributed by atoms with E-state index in [0.29, 0.717) is 23.9 Å². The highest BCUT2D eigenvalue weighted by atomic mass is 31.2. The van der Waals surface area contributed by atoms with Crippen molar-refractivity contribution in [3.8, 4) is 0 Å². The third-order valence-corrected chi connectivity index (χ3v) is 14.5. The zero-order valence-corrected chi connectivity index (χ0v) is 51.5. The minimum atomic E-state index is -4.72. The normalized spacial score (nSPS) is 14.3. The van der Waals surface area contributed by atoms with Crippen LogP contribution in [0.3, 0.4) is 0 Å². The molecule has 0 fully saturated rings. The zero-order chi connectivity index (χ0) is 56.4. The number of unbranched alkanes of at least 4 members (excludes halogenated alkanes) is 26. The molecule has 444 valence electrons. The van der Waals surface area contributed by atoms with Crippen LogP contribution in [0.2, 0.25) is 0 Å². The largest absolute Gasteiger partial charge is 0.756 e. The van der Waals surface area contributed by atoms with Gasteiger partial charge in [-0.25, -0.2) is 0 Å². The number of phosphoric acid groups is 1. The molecule has 0 aliphatic carbocycles. The fourth-order valence-electron chi connectivity index (χ4n) is 8.66. The van der Waals surface area contributed by atoms with Gasteiger partial charge in [-0.3, -0.25) is 14.2 Å². The highest BCUT2D eigenvalue weighted by Gasteiger charge is 2.27. The molecule has 10 heteroatoms. The van der Waals surface area contributed by atoms with Crippen molar-refractivity contribution in [1.29, 1.82) is 0 Å². The standard InChI is InChI=1S/C67H119N2O7P/c1-7-10-13-16-19-22-25-28-30-32-34-36-38-41-44-47-50-53-56-59-66(70)68-64(63-75-77(72,73)74-62-61-69(4,5)6)65(58-55-52-49-46-43-40-27-24-21-18-15-12-9-3)76-67(71)60-57-54-51-48-45-42-39-37-35-33-31-29-26-23-20-17-14-11-8-2/h10,13,19,22,28-31,34,36,41,44,50,53,55,58,64-65H,7-9,11-12,14-18,20-21,23-27,32-33,35,37-40,42-43,45-49,51-52,54,56-57,59-63H2,1-6H3,(H-,68,70,72,73)/b13-10-,22-19-,30-28-,31-29+,36-34-,44-41-,53-50-,58-55+. The second-order valence-electron chi connectivity index (χ2n) is 22.2. The van der Waals surface area contributed by atoms with Crippen LogP contribution in [0, 0.1) is 0 Å². The molecule has 0 saturated carbocycles. The molecular formula is C67H119N2O7P. The maximum Gasteiger partial charge on any atom is 0.306 e. The maximum absolute atomic E-state index is 13.5. The molecule has 0 spiro atoms. The van der Waals surface area contributed by atoms with Crippen LogP contribution >= 0.6 is 7.82 Å². The smallest absolute Gasteiger partial charge is 0.306 e. The second-order valence-corrected chi connectivity index (χ2v) is 23.6. The average molecular weight is 1100 g/mol. The van der Waals surface area contributed by atoms with Gasteiger partial charge in [0.05, 0.1) is 33.8 Å². The number of hydrogen-bond acceptors (Lipinski definition) is 7. The number of rotatable bonds is 56. The summed E-state index contributed by atoms with van der Waals surface area (Å²) in [7, 11) is 1.13. The van der Waals surface area contributed by atoms with Crippen molar-refractivity contribution < 1.29 is 37.3 Å². The van der Waals surface area contributed by atoms with Gasteiger partial charge in [0, 0.05) is 12.8 Å². The Labute approximate surface area is 475 Å². The number of quaternary nitrogens is 1. The number of nitrogens with one attached hydrogen (secondary N) is 1. The topological polar surface area (TPSA) is 114 Å². The fourth-order valence-corrected chi connectivity index (χ4v) is 9.38. The van der Waals surface area contributed by atoms with Crippen LogP contribution in [-0.4, -0.2) is 69.4 Å². The van der Waals surface area contributed by atoms with E-state index in [2.05, 4.69) is 99.0 Å². The number of nitrogens with zero attached hydrogens (tertiary/aromatic N) is 1. The number of likely N-dealkylation sites (N-methyl/N-ethyl adjacent to an activating group) is 1. The molecule has 0 rings (SSSR count). The Morgan fingerprint density at radius 2 is 0.844 bits per heavy atom. The Kier molecular flexibility index (Phi) is 54.0. The number of esters is 1. The Morgan fingerprint density at radius 1 is 0.468 bits per heavy atom. The lowest BCUT2D eigenvalue weighted by molar-refractivity contribution is -0.870. The molecule has 3 atom stereocenters. The molecule has 0 heterocycles. The number of carbonyl (C=O) groups excluding carboxylic acids is 2. The molecule has 0 radical (unpaired) electrons. The van der Waals surface area contributed by atoms with Gasteiger partial charge in [0.25, 0.3) is 7.82 Å². The Hall–Kier alpha value is -3.07. The monoisotopic (exact) mass is 1090 g/mol. The summed E-state index contributed by atoms with van der Waals surface area (Å²) in [6, 6.07) is -0.935. The summed E-state index contributed by atoms with van der Waals surface area (Å²) in [5.41, 5.74) is 0. The van der Waals surface area contributed by atoms with E-state index in [4.69, 9.17) is 13.8 Å². The number of ether oxygens (including phenoxy) is 1. The number of hydrogen-bond donors (Lipinski definition) is 1. The van der Waals surface area contributed by atoms with E-state index in [1.165, 1.54) is 141 Å². The quantitative estimate of drug-likeness (QED) is 0.0212. The lowest BCUT2D eigenvalue weighted by atomic mass is 10.0. The van der Waals surface area contributed by atoms with Crippen LogP contribution in [0.4, 0.5) is 0 Å². The van der Waals surface area contributed by atoms with Crippen LogP contribution in [0.1, 0.15) is 265 Å². The summed E-state index contributed by atoms with van der Waals surface area (Å²) in [5.74, 6) is -0.641. The first-order chi connectivity index (χ1) is 37.4. The molecule has 0 aromatic rings. The van der Waals surface area contributed by atoms with Gasteiger partial charge >= 0.3 is 5.97 Å². The molecule has 0 saturated heterocycles. The summed E-state index contributed by atoms with van der Waals surface area (Å²) < 4.78 is 30.3. The number of carbonyl (C=O) groups is 2. The molecule has 0 aromatic carbocycles. The molecule has 0 aliphatic rings. The van der Waals surface area contributed by atoms with Gasteiger partial charge < -0.3 is 28.5 Å². The van der Waals surface area contributed by atoms with Crippen molar-refractivity contribution in [3.05, 3.63) is 97.2 Å². The predicted molar refractivity (Wildman–Crippen MR) is 330 cm³/mol. The van der Waals surface area contributed by atoms with Gasteiger partial charge in [0.2, 0.25) is 5.91 Å². The third kappa shape index (κ3) is 57.4. The summed E-state index contributed by atoms with van der Waals surface area (Å²) >= 11 is 0. The van der Waals surface area contributed by atoms with E-state index in [1.54, 1.807) is 0 Å². The van der Waals surface area contributed by atoms with Crippen LogP contribution in [0.5, 0.6) is 0 Å². The maximum atomic E-state index is 13.5. The Morgan fingerprint density at radius 3 is 1.27 bits per heavy atom. The number of phosphoric ester groups is 1. The van der Waals surface area contributed by atoms with Crippen molar-refractivity contribution in [3.63, 3.8) is 0 Å². The summed E-state index contributed by atoms with van der Waals surface area (Å²) in [5, 5.41) is 2.98. The zero-order valence-electron chi connectivity index (χ0n) is 50.6. The first-order valence-electron chi connectivity index (χ1n) is 31.5. The van der Waals surface area contributed by atoms with Crippen LogP contribution < -0.4 is 10.2 Å². The molecule has 0 aromatic heterocycles. The van der Waals surface area contributed by atoms with Crippen molar-refractivity contribution >= 4 is 19.7 Å². The van der Waals surface area contributed by atoms with E-state index in [0.717, 1.165) is 77.0 Å². The van der Waals surface area contributed by atoms with Crippen molar-refractivity contribution in [1.82, 2.24) is 5.32 Å². The fraction of sp³-hybridized carbons (Fsp3) is 0.731. The lowest BCUT2D eigenvalue weighted by Gasteiger charge is -2.30. The Balaban J connectivity index is 5.39. The Bertz CT molecular complexity index is 1640. The molecular weight excluding hydrogens is 976 g/mol. The number of amides is 1. The molecule has 1 N–H and O–H groups in total. The average Bonchev–Trinajstić information content (AvgIpc) is 3.39. The first kappa shape index (κ1) is 73.9. The second kappa shape index (κ2) is 56.2. The molecule has 0 aliphatic heterocycles. The van der Waals surface area contributed by atoms with Crippen molar-refractivity contribution in [2.45, 2.75) is 277 Å². The van der Waals surface area contributed by atoms with Crippen molar-refractivity contribution in [2.24, 2.45) is 0 Å². The van der Waals surface area contributed by atoms with Gasteiger partial charge in [-0.2, -0.15) is 0 Å². The third-order valence-electron chi connectivity index (χ3n) is 13.5. The predicted octanol–water partition coefficient (Wildman–Crippen LogP) is 18.9. The molecule has 1 amide bonds. The van der Waals surface area contributed by atoms with E-state index in [9.17, 15) is 19.0 Å².